The Bertz CT molecular complexity index is 837. The smallest absolute Gasteiger partial charge is 0.243 e. The lowest BCUT2D eigenvalue weighted by Gasteiger charge is -2.07. The standard InChI is InChI=1S/C19H20N2O3/c1-23-14-9-7-13(8-10-14)19-16(11-12-18(22)21-24-2)15-5-3-4-6-17(15)20-19/h3-10,20H,11-12H2,1-2H3,(H,21,22). The number of aryl methyl sites for hydroxylation is 1. The number of hydroxylamine groups is 1. The number of carbonyl (C=O) groups excluding carboxylic acids is 1. The number of benzene rings is 2. The Hall–Kier alpha value is -2.79. The first-order chi connectivity index (χ1) is 11.7. The number of para-hydroxylation sites is 1. The van der Waals surface area contributed by atoms with Crippen LogP contribution in [0.2, 0.25) is 0 Å². The van der Waals surface area contributed by atoms with Gasteiger partial charge in [-0.25, -0.2) is 5.48 Å². The zero-order valence-corrected chi connectivity index (χ0v) is 13.8. The molecule has 2 N–H and O–H groups in total. The highest BCUT2D eigenvalue weighted by Gasteiger charge is 2.14. The number of nitrogens with one attached hydrogen (secondary N) is 2. The van der Waals surface area contributed by atoms with Crippen molar-refractivity contribution in [2.24, 2.45) is 0 Å². The first kappa shape index (κ1) is 16.1. The highest BCUT2D eigenvalue weighted by Crippen LogP contribution is 2.32. The summed E-state index contributed by atoms with van der Waals surface area (Å²) in [5, 5.41) is 1.13. The summed E-state index contributed by atoms with van der Waals surface area (Å²) in [5.74, 6) is 0.680. The molecule has 3 rings (SSSR count). The van der Waals surface area contributed by atoms with E-state index in [0.717, 1.165) is 33.5 Å². The topological polar surface area (TPSA) is 63.4 Å². The van der Waals surface area contributed by atoms with Crippen LogP contribution in [0.1, 0.15) is 12.0 Å². The first-order valence-corrected chi connectivity index (χ1v) is 7.78. The predicted octanol–water partition coefficient (Wildman–Crippen LogP) is 3.45. The number of rotatable bonds is 6. The van der Waals surface area contributed by atoms with Gasteiger partial charge < -0.3 is 9.72 Å². The van der Waals surface area contributed by atoms with Gasteiger partial charge >= 0.3 is 0 Å². The number of fused-ring (bicyclic) bond motifs is 1. The third-order valence-electron chi connectivity index (χ3n) is 4.01. The molecule has 2 aromatic carbocycles. The molecule has 24 heavy (non-hydrogen) atoms. The molecular weight excluding hydrogens is 304 g/mol. The Morgan fingerprint density at radius 2 is 1.83 bits per heavy atom. The van der Waals surface area contributed by atoms with Crippen molar-refractivity contribution in [3.8, 4) is 17.0 Å². The van der Waals surface area contributed by atoms with Gasteiger partial charge in [0, 0.05) is 23.0 Å². The van der Waals surface area contributed by atoms with Crippen LogP contribution in [-0.2, 0) is 16.1 Å². The van der Waals surface area contributed by atoms with Crippen LogP contribution in [0.5, 0.6) is 5.75 Å². The van der Waals surface area contributed by atoms with Gasteiger partial charge in [-0.05, 0) is 47.9 Å². The van der Waals surface area contributed by atoms with E-state index in [-0.39, 0.29) is 5.91 Å². The van der Waals surface area contributed by atoms with Gasteiger partial charge in [-0.15, -0.1) is 0 Å². The van der Waals surface area contributed by atoms with Crippen molar-refractivity contribution in [3.05, 3.63) is 54.1 Å². The molecule has 0 radical (unpaired) electrons. The van der Waals surface area contributed by atoms with E-state index in [0.29, 0.717) is 12.8 Å². The molecule has 1 amide bonds. The fourth-order valence-electron chi connectivity index (χ4n) is 2.87. The van der Waals surface area contributed by atoms with E-state index in [1.54, 1.807) is 7.11 Å². The maximum atomic E-state index is 11.7. The van der Waals surface area contributed by atoms with Crippen LogP contribution in [0.25, 0.3) is 22.2 Å². The van der Waals surface area contributed by atoms with Crippen molar-refractivity contribution < 1.29 is 14.4 Å². The Labute approximate surface area is 140 Å². The lowest BCUT2D eigenvalue weighted by atomic mass is 10.0. The lowest BCUT2D eigenvalue weighted by Crippen LogP contribution is -2.21. The quantitative estimate of drug-likeness (QED) is 0.683. The molecule has 5 heteroatoms. The van der Waals surface area contributed by atoms with Crippen molar-refractivity contribution in [3.63, 3.8) is 0 Å². The minimum absolute atomic E-state index is 0.136. The third kappa shape index (κ3) is 3.26. The summed E-state index contributed by atoms with van der Waals surface area (Å²) in [5.41, 5.74) is 6.65. The molecule has 0 spiro atoms. The molecule has 0 unspecified atom stereocenters. The molecule has 1 heterocycles. The number of aromatic nitrogens is 1. The van der Waals surface area contributed by atoms with Crippen molar-refractivity contribution in [1.82, 2.24) is 10.5 Å². The van der Waals surface area contributed by atoms with Crippen LogP contribution in [0.4, 0.5) is 0 Å². The van der Waals surface area contributed by atoms with E-state index in [1.165, 1.54) is 7.11 Å². The number of carbonyl (C=O) groups is 1. The second-order valence-corrected chi connectivity index (χ2v) is 5.48. The van der Waals surface area contributed by atoms with Gasteiger partial charge in [0.1, 0.15) is 5.75 Å². The zero-order chi connectivity index (χ0) is 16.9. The van der Waals surface area contributed by atoms with Crippen LogP contribution < -0.4 is 10.2 Å². The average molecular weight is 324 g/mol. The normalized spacial score (nSPS) is 10.8. The van der Waals surface area contributed by atoms with Gasteiger partial charge in [-0.1, -0.05) is 18.2 Å². The zero-order valence-electron chi connectivity index (χ0n) is 13.8. The van der Waals surface area contributed by atoms with Crippen LogP contribution >= 0.6 is 0 Å². The van der Waals surface area contributed by atoms with Crippen molar-refractivity contribution in [2.75, 3.05) is 14.2 Å². The Morgan fingerprint density at radius 1 is 1.08 bits per heavy atom. The molecule has 0 bridgehead atoms. The maximum absolute atomic E-state index is 11.7. The summed E-state index contributed by atoms with van der Waals surface area (Å²) in [4.78, 5) is 19.9. The summed E-state index contributed by atoms with van der Waals surface area (Å²) >= 11 is 0. The summed E-state index contributed by atoms with van der Waals surface area (Å²) in [6, 6.07) is 16.0. The second-order valence-electron chi connectivity index (χ2n) is 5.48. The van der Waals surface area contributed by atoms with Crippen molar-refractivity contribution in [2.45, 2.75) is 12.8 Å². The van der Waals surface area contributed by atoms with Gasteiger partial charge in [0.05, 0.1) is 14.2 Å². The predicted molar refractivity (Wildman–Crippen MR) is 93.8 cm³/mol. The molecule has 0 aliphatic heterocycles. The van der Waals surface area contributed by atoms with Gasteiger partial charge in [0.15, 0.2) is 0 Å². The molecule has 3 aromatic rings. The fraction of sp³-hybridized carbons (Fsp3) is 0.211. The van der Waals surface area contributed by atoms with Gasteiger partial charge in [-0.2, -0.15) is 0 Å². The van der Waals surface area contributed by atoms with Crippen molar-refractivity contribution >= 4 is 16.8 Å². The number of hydrogen-bond donors (Lipinski definition) is 2. The number of methoxy groups -OCH3 is 1. The van der Waals surface area contributed by atoms with E-state index < -0.39 is 0 Å². The van der Waals surface area contributed by atoms with Crippen LogP contribution in [-0.4, -0.2) is 25.1 Å². The minimum atomic E-state index is -0.136. The van der Waals surface area contributed by atoms with Crippen LogP contribution in [0.15, 0.2) is 48.5 Å². The highest BCUT2D eigenvalue weighted by atomic mass is 16.6. The lowest BCUT2D eigenvalue weighted by molar-refractivity contribution is -0.131. The van der Waals surface area contributed by atoms with Gasteiger partial charge in [0.2, 0.25) is 5.91 Å². The molecule has 0 atom stereocenters. The maximum Gasteiger partial charge on any atom is 0.243 e. The molecule has 0 saturated heterocycles. The number of aromatic amines is 1. The van der Waals surface area contributed by atoms with Gasteiger partial charge in [-0.3, -0.25) is 9.63 Å². The fourth-order valence-corrected chi connectivity index (χ4v) is 2.87. The molecule has 5 nitrogen and oxygen atoms in total. The largest absolute Gasteiger partial charge is 0.497 e. The summed E-state index contributed by atoms with van der Waals surface area (Å²) < 4.78 is 5.22. The Morgan fingerprint density at radius 3 is 2.54 bits per heavy atom. The molecule has 0 aliphatic rings. The molecule has 0 saturated carbocycles. The van der Waals surface area contributed by atoms with Crippen LogP contribution in [0, 0.1) is 0 Å². The number of ether oxygens (including phenoxy) is 1. The third-order valence-corrected chi connectivity index (χ3v) is 4.01. The molecular formula is C19H20N2O3. The van der Waals surface area contributed by atoms with Crippen molar-refractivity contribution in [1.29, 1.82) is 0 Å². The molecule has 124 valence electrons. The Kier molecular flexibility index (Phi) is 4.82. The van der Waals surface area contributed by atoms with E-state index >= 15 is 0 Å². The second kappa shape index (κ2) is 7.19. The SMILES string of the molecule is CONC(=O)CCc1c(-c2ccc(OC)cc2)[nH]c2ccccc12. The van der Waals surface area contributed by atoms with E-state index in [9.17, 15) is 4.79 Å². The summed E-state index contributed by atoms with van der Waals surface area (Å²) in [7, 11) is 3.09. The highest BCUT2D eigenvalue weighted by molar-refractivity contribution is 5.91. The minimum Gasteiger partial charge on any atom is -0.497 e. The number of amides is 1. The van der Waals surface area contributed by atoms with E-state index in [4.69, 9.17) is 4.74 Å². The molecule has 0 aliphatic carbocycles. The molecule has 1 aromatic heterocycles. The first-order valence-electron chi connectivity index (χ1n) is 7.78. The number of H-pyrrole nitrogens is 1. The van der Waals surface area contributed by atoms with Crippen LogP contribution in [0.3, 0.4) is 0 Å². The molecule has 0 fully saturated rings. The van der Waals surface area contributed by atoms with Gasteiger partial charge in [0.25, 0.3) is 0 Å². The average Bonchev–Trinajstić information content (AvgIpc) is 2.99. The van der Waals surface area contributed by atoms with E-state index in [2.05, 4.69) is 21.4 Å². The summed E-state index contributed by atoms with van der Waals surface area (Å²) in [6.07, 6.45) is 0.986. The Balaban J connectivity index is 1.99. The van der Waals surface area contributed by atoms with E-state index in [1.807, 2.05) is 42.5 Å². The monoisotopic (exact) mass is 324 g/mol. The summed E-state index contributed by atoms with van der Waals surface area (Å²) in [6.45, 7) is 0. The number of hydrogen-bond acceptors (Lipinski definition) is 3.